The lowest BCUT2D eigenvalue weighted by Gasteiger charge is -2.21. The van der Waals surface area contributed by atoms with Gasteiger partial charge in [0.2, 0.25) is 0 Å². The van der Waals surface area contributed by atoms with Crippen LogP contribution < -0.4 is 10.5 Å². The lowest BCUT2D eigenvalue weighted by Crippen LogP contribution is -2.35. The lowest BCUT2D eigenvalue weighted by atomic mass is 10.3. The summed E-state index contributed by atoms with van der Waals surface area (Å²) in [5.74, 6) is 0.734. The molecule has 0 radical (unpaired) electrons. The number of hydrogen-bond acceptors (Lipinski definition) is 4. The highest BCUT2D eigenvalue weighted by atomic mass is 16.5. The topological polar surface area (TPSA) is 58.7 Å². The van der Waals surface area contributed by atoms with E-state index in [1.807, 2.05) is 0 Å². The van der Waals surface area contributed by atoms with Crippen molar-refractivity contribution in [3.8, 4) is 5.75 Å². The quantitative estimate of drug-likeness (QED) is 0.704. The van der Waals surface area contributed by atoms with Crippen molar-refractivity contribution in [1.82, 2.24) is 4.90 Å². The van der Waals surface area contributed by atoms with E-state index in [4.69, 9.17) is 10.5 Å². The molecule has 1 aromatic carbocycles. The fourth-order valence-electron chi connectivity index (χ4n) is 1.59. The minimum atomic E-state index is -0.465. The molecule has 4 heteroatoms. The van der Waals surface area contributed by atoms with E-state index in [2.05, 4.69) is 18.7 Å². The van der Waals surface area contributed by atoms with Gasteiger partial charge in [-0.05, 0) is 37.4 Å². The third-order valence-corrected chi connectivity index (χ3v) is 2.69. The number of nitrogen functional groups attached to an aromatic ring is 1. The molecule has 1 atom stereocenters. The second kappa shape index (κ2) is 7.14. The van der Waals surface area contributed by atoms with Gasteiger partial charge in [0, 0.05) is 12.2 Å². The van der Waals surface area contributed by atoms with E-state index >= 15 is 0 Å². The van der Waals surface area contributed by atoms with Gasteiger partial charge in [0.05, 0.1) is 0 Å². The van der Waals surface area contributed by atoms with E-state index in [1.165, 1.54) is 0 Å². The Labute approximate surface area is 103 Å². The number of aliphatic hydroxyl groups excluding tert-OH is 1. The van der Waals surface area contributed by atoms with Crippen molar-refractivity contribution >= 4 is 5.69 Å². The molecule has 0 aliphatic heterocycles. The number of nitrogens with zero attached hydrogens (tertiary/aromatic N) is 1. The summed E-state index contributed by atoms with van der Waals surface area (Å²) in [6, 6.07) is 7.18. The van der Waals surface area contributed by atoms with Crippen molar-refractivity contribution in [3.63, 3.8) is 0 Å². The molecule has 1 aromatic rings. The molecule has 1 rings (SSSR count). The zero-order chi connectivity index (χ0) is 12.7. The number of anilines is 1. The molecule has 0 aliphatic rings. The molecule has 17 heavy (non-hydrogen) atoms. The van der Waals surface area contributed by atoms with Gasteiger partial charge in [0.25, 0.3) is 0 Å². The number of nitrogens with two attached hydrogens (primary N) is 1. The molecule has 0 aliphatic carbocycles. The smallest absolute Gasteiger partial charge is 0.119 e. The number of aliphatic hydroxyl groups is 1. The Kier molecular flexibility index (Phi) is 5.80. The zero-order valence-electron chi connectivity index (χ0n) is 10.6. The Morgan fingerprint density at radius 1 is 1.24 bits per heavy atom. The summed E-state index contributed by atoms with van der Waals surface area (Å²) in [7, 11) is 0. The van der Waals surface area contributed by atoms with Gasteiger partial charge in [0.15, 0.2) is 0 Å². The van der Waals surface area contributed by atoms with Crippen LogP contribution in [0.15, 0.2) is 24.3 Å². The van der Waals surface area contributed by atoms with Crippen LogP contribution in [0.2, 0.25) is 0 Å². The third-order valence-electron chi connectivity index (χ3n) is 2.69. The Morgan fingerprint density at radius 2 is 1.82 bits per heavy atom. The van der Waals surface area contributed by atoms with Crippen LogP contribution in [0.1, 0.15) is 13.8 Å². The van der Waals surface area contributed by atoms with Crippen molar-refractivity contribution in [2.75, 3.05) is 32.0 Å². The summed E-state index contributed by atoms with van der Waals surface area (Å²) in [6.07, 6.45) is -0.465. The van der Waals surface area contributed by atoms with Crippen LogP contribution in [-0.2, 0) is 0 Å². The van der Waals surface area contributed by atoms with Gasteiger partial charge >= 0.3 is 0 Å². The third kappa shape index (κ3) is 5.06. The molecule has 0 saturated heterocycles. The lowest BCUT2D eigenvalue weighted by molar-refractivity contribution is 0.0716. The van der Waals surface area contributed by atoms with E-state index in [-0.39, 0.29) is 0 Å². The standard InChI is InChI=1S/C13H22N2O2/c1-3-15(4-2)9-12(16)10-17-13-7-5-11(14)6-8-13/h5-8,12,16H,3-4,9-10,14H2,1-2H3/t12-/m0/s1. The maximum atomic E-state index is 9.81. The number of rotatable bonds is 7. The predicted octanol–water partition coefficient (Wildman–Crippen LogP) is 1.35. The first-order valence-corrected chi connectivity index (χ1v) is 6.04. The summed E-state index contributed by atoms with van der Waals surface area (Å²) in [5, 5.41) is 9.81. The molecule has 0 fully saturated rings. The first kappa shape index (κ1) is 13.8. The van der Waals surface area contributed by atoms with E-state index in [0.717, 1.165) is 18.8 Å². The van der Waals surface area contributed by atoms with Crippen LogP contribution in [0.4, 0.5) is 5.69 Å². The van der Waals surface area contributed by atoms with Crippen LogP contribution in [0.5, 0.6) is 5.75 Å². The molecular weight excluding hydrogens is 216 g/mol. The summed E-state index contributed by atoms with van der Waals surface area (Å²) in [6.45, 7) is 6.99. The maximum Gasteiger partial charge on any atom is 0.119 e. The Hall–Kier alpha value is -1.26. The van der Waals surface area contributed by atoms with Gasteiger partial charge in [-0.2, -0.15) is 0 Å². The van der Waals surface area contributed by atoms with E-state index in [0.29, 0.717) is 18.8 Å². The van der Waals surface area contributed by atoms with Crippen molar-refractivity contribution in [2.45, 2.75) is 20.0 Å². The summed E-state index contributed by atoms with van der Waals surface area (Å²) in [5.41, 5.74) is 6.28. The van der Waals surface area contributed by atoms with Gasteiger partial charge in [0.1, 0.15) is 18.5 Å². The molecule has 0 unspecified atom stereocenters. The first-order valence-electron chi connectivity index (χ1n) is 6.04. The molecule has 4 nitrogen and oxygen atoms in total. The maximum absolute atomic E-state index is 9.81. The van der Waals surface area contributed by atoms with Crippen molar-refractivity contribution in [2.24, 2.45) is 0 Å². The molecule has 96 valence electrons. The van der Waals surface area contributed by atoms with Gasteiger partial charge < -0.3 is 20.5 Å². The normalized spacial score (nSPS) is 12.7. The van der Waals surface area contributed by atoms with Gasteiger partial charge in [-0.1, -0.05) is 13.8 Å². The van der Waals surface area contributed by atoms with Crippen molar-refractivity contribution < 1.29 is 9.84 Å². The number of ether oxygens (including phenoxy) is 1. The Morgan fingerprint density at radius 3 is 2.35 bits per heavy atom. The molecule has 0 bridgehead atoms. The average molecular weight is 238 g/mol. The summed E-state index contributed by atoms with van der Waals surface area (Å²) < 4.78 is 5.48. The Balaban J connectivity index is 2.32. The van der Waals surface area contributed by atoms with Gasteiger partial charge in [-0.25, -0.2) is 0 Å². The molecule has 0 spiro atoms. The highest BCUT2D eigenvalue weighted by molar-refractivity contribution is 5.41. The second-order valence-electron chi connectivity index (χ2n) is 4.02. The first-order chi connectivity index (χ1) is 8.15. The number of likely N-dealkylation sites (N-methyl/N-ethyl adjacent to an activating group) is 1. The largest absolute Gasteiger partial charge is 0.491 e. The predicted molar refractivity (Wildman–Crippen MR) is 70.1 cm³/mol. The molecule has 0 amide bonds. The van der Waals surface area contributed by atoms with Gasteiger partial charge in [-0.3, -0.25) is 0 Å². The van der Waals surface area contributed by atoms with Crippen LogP contribution in [0.3, 0.4) is 0 Å². The number of hydrogen-bond donors (Lipinski definition) is 2. The Bertz CT molecular complexity index is 310. The highest BCUT2D eigenvalue weighted by Crippen LogP contribution is 2.13. The number of benzene rings is 1. The van der Waals surface area contributed by atoms with Crippen LogP contribution in [0.25, 0.3) is 0 Å². The minimum absolute atomic E-state index is 0.306. The van der Waals surface area contributed by atoms with E-state index < -0.39 is 6.10 Å². The van der Waals surface area contributed by atoms with Crippen molar-refractivity contribution in [1.29, 1.82) is 0 Å². The van der Waals surface area contributed by atoms with Crippen molar-refractivity contribution in [3.05, 3.63) is 24.3 Å². The van der Waals surface area contributed by atoms with Crippen LogP contribution >= 0.6 is 0 Å². The SMILES string of the molecule is CCN(CC)C[C@H](O)COc1ccc(N)cc1. The van der Waals surface area contributed by atoms with E-state index in [9.17, 15) is 5.11 Å². The molecule has 0 aromatic heterocycles. The summed E-state index contributed by atoms with van der Waals surface area (Å²) in [4.78, 5) is 2.16. The minimum Gasteiger partial charge on any atom is -0.491 e. The average Bonchev–Trinajstić information content (AvgIpc) is 2.35. The molecule has 3 N–H and O–H groups in total. The van der Waals surface area contributed by atoms with Crippen LogP contribution in [-0.4, -0.2) is 42.4 Å². The fraction of sp³-hybridized carbons (Fsp3) is 0.538. The molecule has 0 saturated carbocycles. The summed E-state index contributed by atoms with van der Waals surface area (Å²) >= 11 is 0. The molecular formula is C13H22N2O2. The van der Waals surface area contributed by atoms with Gasteiger partial charge in [-0.15, -0.1) is 0 Å². The van der Waals surface area contributed by atoms with E-state index in [1.54, 1.807) is 24.3 Å². The fourth-order valence-corrected chi connectivity index (χ4v) is 1.59. The highest BCUT2D eigenvalue weighted by Gasteiger charge is 2.09. The zero-order valence-corrected chi connectivity index (χ0v) is 10.6. The second-order valence-corrected chi connectivity index (χ2v) is 4.02. The molecule has 0 heterocycles. The van der Waals surface area contributed by atoms with Crippen LogP contribution in [0, 0.1) is 0 Å². The monoisotopic (exact) mass is 238 g/mol.